The summed E-state index contributed by atoms with van der Waals surface area (Å²) in [4.78, 5) is 12.3. The minimum atomic E-state index is -2.34. The van der Waals surface area contributed by atoms with Crippen LogP contribution in [0.3, 0.4) is 0 Å². The fraction of sp³-hybridized carbons (Fsp3) is 0.935. The van der Waals surface area contributed by atoms with Crippen molar-refractivity contribution in [3.8, 4) is 0 Å². The standard InChI is InChI=1S/C46H92O11Si3/c1-20-60(21-2,22-3)53-30-34(56-58(16,17)44(10,11)12)27-31(4)28-36-39(48)38(47)33(6)40(54-36)41(49)46(51)29-37(57-59(18,19)45(13,14)15)32(5)35(55-46)25-23-24-26-52-42(50)43(7,8)9/h32-41,47-49,51H,4,20-30H2,1-3,5-19H3/t32-,33+,34-,35+,36+,37-,38+,39+,40+,41-,46+/m0/s1. The molecule has 60 heavy (non-hydrogen) atoms. The first-order chi connectivity index (χ1) is 27.2. The molecular formula is C46H92O11Si3. The van der Waals surface area contributed by atoms with E-state index in [1.807, 2.05) is 20.8 Å². The van der Waals surface area contributed by atoms with E-state index in [2.05, 4.69) is 102 Å². The highest BCUT2D eigenvalue weighted by molar-refractivity contribution is 6.74. The number of ether oxygens (including phenoxy) is 3. The van der Waals surface area contributed by atoms with Gasteiger partial charge in [-0.25, -0.2) is 0 Å². The second kappa shape index (κ2) is 21.7. The third kappa shape index (κ3) is 14.5. The lowest BCUT2D eigenvalue weighted by atomic mass is 9.78. The number of hydrogen-bond donors (Lipinski definition) is 4. The van der Waals surface area contributed by atoms with Crippen LogP contribution in [-0.4, -0.2) is 119 Å². The largest absolute Gasteiger partial charge is 0.465 e. The molecule has 11 atom stereocenters. The van der Waals surface area contributed by atoms with Gasteiger partial charge in [0.25, 0.3) is 0 Å². The van der Waals surface area contributed by atoms with Crippen molar-refractivity contribution in [2.24, 2.45) is 17.3 Å². The maximum Gasteiger partial charge on any atom is 0.311 e. The van der Waals surface area contributed by atoms with Crippen LogP contribution in [0.5, 0.6) is 0 Å². The fourth-order valence-corrected chi connectivity index (χ4v) is 13.2. The molecule has 0 bridgehead atoms. The molecule has 2 fully saturated rings. The van der Waals surface area contributed by atoms with Gasteiger partial charge in [0.1, 0.15) is 12.2 Å². The Labute approximate surface area is 369 Å². The number of carbonyl (C=O) groups is 1. The average Bonchev–Trinajstić information content (AvgIpc) is 3.12. The number of carbonyl (C=O) groups excluding carboxylic acids is 1. The van der Waals surface area contributed by atoms with Gasteiger partial charge in [-0.05, 0) is 107 Å². The van der Waals surface area contributed by atoms with Crippen LogP contribution >= 0.6 is 0 Å². The Hall–Kier alpha value is -0.499. The Morgan fingerprint density at radius 3 is 1.90 bits per heavy atom. The molecule has 0 aromatic carbocycles. The van der Waals surface area contributed by atoms with E-state index in [4.69, 9.17) is 27.5 Å². The van der Waals surface area contributed by atoms with E-state index < -0.39 is 84.8 Å². The van der Waals surface area contributed by atoms with Crippen LogP contribution in [0.2, 0.25) is 54.4 Å². The fourth-order valence-electron chi connectivity index (χ4n) is 7.84. The summed E-state index contributed by atoms with van der Waals surface area (Å²) in [5, 5.41) is 47.5. The average molecular weight is 905 g/mol. The lowest BCUT2D eigenvalue weighted by Gasteiger charge is -2.53. The number of aliphatic hydroxyl groups excluding tert-OH is 3. The van der Waals surface area contributed by atoms with Gasteiger partial charge in [0.15, 0.2) is 30.7 Å². The minimum absolute atomic E-state index is 0.00863. The third-order valence-corrected chi connectivity index (χ3v) is 28.4. The van der Waals surface area contributed by atoms with E-state index in [0.29, 0.717) is 32.3 Å². The molecule has 0 aliphatic carbocycles. The van der Waals surface area contributed by atoms with E-state index in [9.17, 15) is 25.2 Å². The van der Waals surface area contributed by atoms with Gasteiger partial charge in [-0.15, -0.1) is 0 Å². The predicted molar refractivity (Wildman–Crippen MR) is 249 cm³/mol. The lowest BCUT2D eigenvalue weighted by Crippen LogP contribution is -2.66. The van der Waals surface area contributed by atoms with Crippen molar-refractivity contribution in [2.45, 2.75) is 244 Å². The molecule has 0 saturated carbocycles. The highest BCUT2D eigenvalue weighted by atomic mass is 28.4. The second-order valence-corrected chi connectivity index (χ2v) is 36.8. The highest BCUT2D eigenvalue weighted by Gasteiger charge is 2.57. The lowest BCUT2D eigenvalue weighted by molar-refractivity contribution is -0.349. The monoisotopic (exact) mass is 905 g/mol. The van der Waals surface area contributed by atoms with Gasteiger partial charge in [-0.2, -0.15) is 0 Å². The maximum absolute atomic E-state index is 12.5. The van der Waals surface area contributed by atoms with Crippen molar-refractivity contribution in [1.82, 2.24) is 0 Å². The molecule has 2 aliphatic heterocycles. The first-order valence-electron chi connectivity index (χ1n) is 23.1. The van der Waals surface area contributed by atoms with E-state index in [1.54, 1.807) is 6.92 Å². The zero-order valence-electron chi connectivity index (χ0n) is 41.4. The molecule has 0 unspecified atom stereocenters. The first-order valence-corrected chi connectivity index (χ1v) is 31.5. The smallest absolute Gasteiger partial charge is 0.311 e. The maximum atomic E-state index is 12.5. The normalized spacial score (nSPS) is 29.9. The molecule has 0 aromatic rings. The van der Waals surface area contributed by atoms with Crippen LogP contribution in [-0.2, 0) is 32.3 Å². The van der Waals surface area contributed by atoms with Crippen molar-refractivity contribution < 1.29 is 52.7 Å². The topological polar surface area (TPSA) is 153 Å². The number of esters is 1. The van der Waals surface area contributed by atoms with Gasteiger partial charge in [-0.3, -0.25) is 4.79 Å². The van der Waals surface area contributed by atoms with Crippen molar-refractivity contribution in [2.75, 3.05) is 13.2 Å². The summed E-state index contributed by atoms with van der Waals surface area (Å²) in [6.45, 7) is 43.1. The highest BCUT2D eigenvalue weighted by Crippen LogP contribution is 2.46. The summed E-state index contributed by atoms with van der Waals surface area (Å²) in [6, 6.07) is 3.09. The van der Waals surface area contributed by atoms with Crippen LogP contribution < -0.4 is 0 Å². The second-order valence-electron chi connectivity index (χ2n) is 22.5. The zero-order valence-corrected chi connectivity index (χ0v) is 44.4. The molecule has 2 saturated heterocycles. The van der Waals surface area contributed by atoms with Crippen LogP contribution in [0, 0.1) is 17.3 Å². The quantitative estimate of drug-likeness (QED) is 0.0377. The van der Waals surface area contributed by atoms with Gasteiger partial charge in [0.2, 0.25) is 0 Å². The van der Waals surface area contributed by atoms with Crippen molar-refractivity contribution in [3.63, 3.8) is 0 Å². The molecule has 4 N–H and O–H groups in total. The summed E-state index contributed by atoms with van der Waals surface area (Å²) in [6.07, 6.45) is -4.61. The molecule has 14 heteroatoms. The Morgan fingerprint density at radius 1 is 0.850 bits per heavy atom. The number of aliphatic hydroxyl groups is 4. The molecule has 0 radical (unpaired) electrons. The van der Waals surface area contributed by atoms with Crippen LogP contribution in [0.25, 0.3) is 0 Å². The SMILES string of the molecule is C=C(C[C@@H](CO[Si](CC)(CC)CC)O[Si](C)(C)C(C)(C)C)C[C@H]1O[C@@H]([C@H](O)[C@@]2(O)C[C@H](O[Si](C)(C)C(C)(C)C)[C@@H](C)[C@@H](CCCCOC(=O)C(C)(C)C)O2)[C@H](C)[C@@H](O)[C@@H]1O. The Bertz CT molecular complexity index is 1340. The molecule has 0 spiro atoms. The molecular weight excluding hydrogens is 813 g/mol. The summed E-state index contributed by atoms with van der Waals surface area (Å²) in [5.74, 6) is -3.17. The minimum Gasteiger partial charge on any atom is -0.465 e. The van der Waals surface area contributed by atoms with Gasteiger partial charge >= 0.3 is 5.97 Å². The molecule has 354 valence electrons. The summed E-state index contributed by atoms with van der Waals surface area (Å²) in [5.41, 5.74) is 0.203. The van der Waals surface area contributed by atoms with Gasteiger partial charge in [0, 0.05) is 18.3 Å². The Kier molecular flexibility index (Phi) is 20.1. The molecule has 0 amide bonds. The van der Waals surface area contributed by atoms with E-state index in [-0.39, 0.29) is 47.5 Å². The van der Waals surface area contributed by atoms with Crippen LogP contribution in [0.15, 0.2) is 12.2 Å². The summed E-state index contributed by atoms with van der Waals surface area (Å²) in [7, 11) is -6.44. The number of unbranched alkanes of at least 4 members (excludes halogenated alkanes) is 1. The number of rotatable bonds is 21. The van der Waals surface area contributed by atoms with Crippen molar-refractivity contribution in [1.29, 1.82) is 0 Å². The van der Waals surface area contributed by atoms with E-state index in [0.717, 1.165) is 23.7 Å². The Balaban J connectivity index is 2.37. The van der Waals surface area contributed by atoms with Crippen LogP contribution in [0.1, 0.15) is 135 Å². The first kappa shape index (κ1) is 55.6. The summed E-state index contributed by atoms with van der Waals surface area (Å²) >= 11 is 0. The summed E-state index contributed by atoms with van der Waals surface area (Å²) < 4.78 is 39.3. The van der Waals surface area contributed by atoms with Crippen LogP contribution in [0.4, 0.5) is 0 Å². The van der Waals surface area contributed by atoms with Gasteiger partial charge in [0.05, 0.1) is 55.3 Å². The number of hydrogen-bond acceptors (Lipinski definition) is 11. The molecule has 0 aromatic heterocycles. The van der Waals surface area contributed by atoms with Crippen molar-refractivity contribution in [3.05, 3.63) is 12.2 Å². The van der Waals surface area contributed by atoms with Gasteiger partial charge < -0.3 is 47.9 Å². The third-order valence-electron chi connectivity index (χ3n) is 14.7. The zero-order chi connectivity index (χ0) is 46.4. The predicted octanol–water partition coefficient (Wildman–Crippen LogP) is 9.48. The van der Waals surface area contributed by atoms with Crippen molar-refractivity contribution >= 4 is 30.9 Å². The molecule has 11 nitrogen and oxygen atoms in total. The molecule has 2 rings (SSSR count). The van der Waals surface area contributed by atoms with E-state index in [1.165, 1.54) is 0 Å². The Morgan fingerprint density at radius 2 is 1.40 bits per heavy atom. The molecule has 2 aliphatic rings. The van der Waals surface area contributed by atoms with Gasteiger partial charge in [-0.1, -0.05) is 88.3 Å². The van der Waals surface area contributed by atoms with E-state index >= 15 is 0 Å². The molecule has 2 heterocycles.